The molecule has 0 aromatic carbocycles. The molecule has 1 saturated heterocycles. The van der Waals surface area contributed by atoms with Gasteiger partial charge in [-0.3, -0.25) is 4.98 Å². The lowest BCUT2D eigenvalue weighted by Crippen LogP contribution is -2.44. The van der Waals surface area contributed by atoms with E-state index in [1.807, 2.05) is 26.0 Å². The summed E-state index contributed by atoms with van der Waals surface area (Å²) in [6, 6.07) is 3.83. The quantitative estimate of drug-likeness (QED) is 0.889. The van der Waals surface area contributed by atoms with Gasteiger partial charge in [0.2, 0.25) is 0 Å². The molecule has 1 aliphatic rings. The Morgan fingerprint density at radius 2 is 2.17 bits per heavy atom. The molecule has 0 radical (unpaired) electrons. The molecule has 0 aliphatic carbocycles. The van der Waals surface area contributed by atoms with Crippen LogP contribution in [-0.4, -0.2) is 35.5 Å². The lowest BCUT2D eigenvalue weighted by molar-refractivity contribution is -0.168. The number of aromatic nitrogens is 1. The number of aliphatic hydroxyl groups excluding tert-OH is 1. The Bertz CT molecular complexity index is 366. The number of rotatable bonds is 4. The zero-order valence-corrected chi connectivity index (χ0v) is 11.1. The second kappa shape index (κ2) is 5.78. The van der Waals surface area contributed by atoms with Crippen molar-refractivity contribution in [1.29, 1.82) is 0 Å². The Kier molecular flexibility index (Phi) is 4.32. The molecule has 0 amide bonds. The van der Waals surface area contributed by atoms with E-state index in [-0.39, 0.29) is 0 Å². The third-order valence-electron chi connectivity index (χ3n) is 3.52. The van der Waals surface area contributed by atoms with Crippen LogP contribution in [0, 0.1) is 6.92 Å². The molecule has 0 spiro atoms. The summed E-state index contributed by atoms with van der Waals surface area (Å²) in [6.07, 6.45) is 2.52. The molecule has 2 heterocycles. The fraction of sp³-hybridized carbons (Fsp3) is 0.643. The number of nitrogens with zero attached hydrogens (tertiary/aromatic N) is 1. The van der Waals surface area contributed by atoms with E-state index in [1.54, 1.807) is 6.20 Å². The zero-order chi connectivity index (χ0) is 13.0. The first-order valence-electron chi connectivity index (χ1n) is 6.50. The van der Waals surface area contributed by atoms with Crippen LogP contribution in [-0.2, 0) is 9.47 Å². The van der Waals surface area contributed by atoms with Gasteiger partial charge in [0, 0.05) is 50.1 Å². The van der Waals surface area contributed by atoms with Crippen LogP contribution in [0.3, 0.4) is 0 Å². The monoisotopic (exact) mass is 251 g/mol. The number of hydrogen-bond donors (Lipinski definition) is 1. The summed E-state index contributed by atoms with van der Waals surface area (Å²) in [5.41, 5.74) is 1.24. The van der Waals surface area contributed by atoms with E-state index in [2.05, 4.69) is 4.98 Å². The van der Waals surface area contributed by atoms with Crippen molar-refractivity contribution in [2.24, 2.45) is 0 Å². The number of aryl methyl sites for hydroxylation is 1. The normalized spacial score (nSPS) is 20.6. The zero-order valence-electron chi connectivity index (χ0n) is 11.1. The van der Waals surface area contributed by atoms with E-state index in [4.69, 9.17) is 9.47 Å². The summed E-state index contributed by atoms with van der Waals surface area (Å²) in [4.78, 5) is 4.24. The van der Waals surface area contributed by atoms with Gasteiger partial charge >= 0.3 is 0 Å². The summed E-state index contributed by atoms with van der Waals surface area (Å²) >= 11 is 0. The van der Waals surface area contributed by atoms with Crippen LogP contribution in [0.25, 0.3) is 0 Å². The van der Waals surface area contributed by atoms with Crippen LogP contribution in [0.1, 0.15) is 37.1 Å². The lowest BCUT2D eigenvalue weighted by Gasteiger charge is -2.40. The smallest absolute Gasteiger partial charge is 0.110 e. The average molecular weight is 251 g/mol. The third kappa shape index (κ3) is 2.71. The highest BCUT2D eigenvalue weighted by molar-refractivity contribution is 5.19. The Labute approximate surface area is 108 Å². The molecule has 1 fully saturated rings. The van der Waals surface area contributed by atoms with Crippen LogP contribution < -0.4 is 0 Å². The maximum absolute atomic E-state index is 10.6. The molecule has 4 nitrogen and oxygen atoms in total. The van der Waals surface area contributed by atoms with Crippen molar-refractivity contribution in [3.05, 3.63) is 29.6 Å². The van der Waals surface area contributed by atoms with E-state index in [1.165, 1.54) is 0 Å². The van der Waals surface area contributed by atoms with Crippen LogP contribution in [0.4, 0.5) is 0 Å². The molecular formula is C14H21NO3. The van der Waals surface area contributed by atoms with Gasteiger partial charge in [-0.1, -0.05) is 6.07 Å². The third-order valence-corrected chi connectivity index (χ3v) is 3.52. The standard InChI is InChI=1S/C14H21NO3/c1-3-18-14(6-8-17-9-7-14)13(16)12-5-4-11(2)15-10-12/h4-5,10,13,16H,3,6-9H2,1-2H3. The minimum absolute atomic E-state index is 0.524. The molecule has 0 bridgehead atoms. The molecule has 0 saturated carbocycles. The topological polar surface area (TPSA) is 51.6 Å². The summed E-state index contributed by atoms with van der Waals surface area (Å²) < 4.78 is 11.2. The van der Waals surface area contributed by atoms with E-state index < -0.39 is 11.7 Å². The van der Waals surface area contributed by atoms with Gasteiger partial charge in [-0.25, -0.2) is 0 Å². The van der Waals surface area contributed by atoms with Gasteiger partial charge in [-0.05, 0) is 19.9 Å². The molecule has 1 unspecified atom stereocenters. The second-order valence-corrected chi connectivity index (χ2v) is 4.75. The molecule has 1 N–H and O–H groups in total. The summed E-state index contributed by atoms with van der Waals surface area (Å²) in [7, 11) is 0. The van der Waals surface area contributed by atoms with Crippen LogP contribution >= 0.6 is 0 Å². The van der Waals surface area contributed by atoms with Gasteiger partial charge in [-0.2, -0.15) is 0 Å². The van der Waals surface area contributed by atoms with Gasteiger partial charge in [-0.15, -0.1) is 0 Å². The maximum Gasteiger partial charge on any atom is 0.110 e. The van der Waals surface area contributed by atoms with Crippen molar-refractivity contribution in [3.63, 3.8) is 0 Å². The van der Waals surface area contributed by atoms with Gasteiger partial charge in [0.1, 0.15) is 11.7 Å². The van der Waals surface area contributed by atoms with E-state index >= 15 is 0 Å². The first kappa shape index (κ1) is 13.5. The van der Waals surface area contributed by atoms with E-state index in [9.17, 15) is 5.11 Å². The van der Waals surface area contributed by atoms with Crippen molar-refractivity contribution < 1.29 is 14.6 Å². The number of ether oxygens (including phenoxy) is 2. The first-order valence-corrected chi connectivity index (χ1v) is 6.50. The highest BCUT2D eigenvalue weighted by atomic mass is 16.5. The SMILES string of the molecule is CCOC1(C(O)c2ccc(C)nc2)CCOCC1. The highest BCUT2D eigenvalue weighted by Gasteiger charge is 2.41. The predicted octanol–water partition coefficient (Wildman–Crippen LogP) is 2.01. The number of aliphatic hydroxyl groups is 1. The van der Waals surface area contributed by atoms with Gasteiger partial charge in [0.25, 0.3) is 0 Å². The Morgan fingerprint density at radius 1 is 1.44 bits per heavy atom. The minimum atomic E-state index is -0.644. The van der Waals surface area contributed by atoms with Crippen molar-refractivity contribution in [2.75, 3.05) is 19.8 Å². The molecule has 1 aromatic rings. The average Bonchev–Trinajstić information content (AvgIpc) is 2.40. The van der Waals surface area contributed by atoms with E-state index in [0.29, 0.717) is 19.8 Å². The summed E-state index contributed by atoms with van der Waals surface area (Å²) in [5, 5.41) is 10.6. The minimum Gasteiger partial charge on any atom is -0.385 e. The van der Waals surface area contributed by atoms with Crippen molar-refractivity contribution >= 4 is 0 Å². The van der Waals surface area contributed by atoms with Crippen LogP contribution in [0.2, 0.25) is 0 Å². The number of pyridine rings is 1. The highest BCUT2D eigenvalue weighted by Crippen LogP contribution is 2.37. The molecular weight excluding hydrogens is 230 g/mol. The summed E-state index contributed by atoms with van der Waals surface area (Å²) in [6.45, 7) is 5.75. The molecule has 2 rings (SSSR count). The summed E-state index contributed by atoms with van der Waals surface area (Å²) in [5.74, 6) is 0. The fourth-order valence-corrected chi connectivity index (χ4v) is 2.45. The fourth-order valence-electron chi connectivity index (χ4n) is 2.45. The lowest BCUT2D eigenvalue weighted by atomic mass is 9.84. The van der Waals surface area contributed by atoms with Gasteiger partial charge in [0.05, 0.1) is 0 Å². The van der Waals surface area contributed by atoms with Crippen molar-refractivity contribution in [2.45, 2.75) is 38.4 Å². The number of hydrogen-bond acceptors (Lipinski definition) is 4. The molecule has 1 atom stereocenters. The first-order chi connectivity index (χ1) is 8.68. The Morgan fingerprint density at radius 3 is 2.72 bits per heavy atom. The van der Waals surface area contributed by atoms with Crippen LogP contribution in [0.15, 0.2) is 18.3 Å². The van der Waals surface area contributed by atoms with Crippen molar-refractivity contribution in [3.8, 4) is 0 Å². The van der Waals surface area contributed by atoms with Gasteiger partial charge in [0.15, 0.2) is 0 Å². The largest absolute Gasteiger partial charge is 0.385 e. The predicted molar refractivity (Wildman–Crippen MR) is 68.3 cm³/mol. The van der Waals surface area contributed by atoms with Gasteiger partial charge < -0.3 is 14.6 Å². The second-order valence-electron chi connectivity index (χ2n) is 4.75. The molecule has 1 aromatic heterocycles. The van der Waals surface area contributed by atoms with Crippen molar-refractivity contribution in [1.82, 2.24) is 4.98 Å². The molecule has 1 aliphatic heterocycles. The molecule has 4 heteroatoms. The van der Waals surface area contributed by atoms with E-state index in [0.717, 1.165) is 24.1 Å². The maximum atomic E-state index is 10.6. The Hall–Kier alpha value is -0.970. The van der Waals surface area contributed by atoms with Crippen LogP contribution in [0.5, 0.6) is 0 Å². The molecule has 100 valence electrons. The molecule has 18 heavy (non-hydrogen) atoms. The Balaban J connectivity index is 2.21.